The topological polar surface area (TPSA) is 30.7 Å². The molecule has 1 fully saturated rings. The van der Waals surface area contributed by atoms with Crippen molar-refractivity contribution < 1.29 is 0 Å². The third-order valence-electron chi connectivity index (χ3n) is 4.22. The number of nitrogens with zero attached hydrogens (tertiary/aromatic N) is 3. The molecule has 3 heteroatoms. The van der Waals surface area contributed by atoms with E-state index in [4.69, 9.17) is 4.98 Å². The molecule has 0 saturated heterocycles. The molecule has 3 nitrogen and oxygen atoms in total. The van der Waals surface area contributed by atoms with Crippen LogP contribution in [0.25, 0.3) is 11.4 Å². The van der Waals surface area contributed by atoms with E-state index in [0.29, 0.717) is 12.0 Å². The lowest BCUT2D eigenvalue weighted by Gasteiger charge is -2.14. The first-order valence-electron chi connectivity index (χ1n) is 6.34. The SMILES string of the molecule is Cc1c(-c2ccccn2)nc2n1[C@@H]1CC[C@H]2C1. The Morgan fingerprint density at radius 1 is 1.29 bits per heavy atom. The van der Waals surface area contributed by atoms with Gasteiger partial charge in [-0.1, -0.05) is 6.07 Å². The number of rotatable bonds is 1. The maximum absolute atomic E-state index is 4.84. The molecule has 0 spiro atoms. The Morgan fingerprint density at radius 3 is 3.00 bits per heavy atom. The van der Waals surface area contributed by atoms with E-state index in [9.17, 15) is 0 Å². The van der Waals surface area contributed by atoms with Crippen molar-refractivity contribution in [1.82, 2.24) is 14.5 Å². The Hall–Kier alpha value is -1.64. The summed E-state index contributed by atoms with van der Waals surface area (Å²) in [5.74, 6) is 2.01. The lowest BCUT2D eigenvalue weighted by molar-refractivity contribution is 0.516. The molecule has 0 unspecified atom stereocenters. The lowest BCUT2D eigenvalue weighted by atomic mass is 10.1. The number of pyridine rings is 1. The molecule has 0 amide bonds. The van der Waals surface area contributed by atoms with Crippen LogP contribution in [0.4, 0.5) is 0 Å². The minimum atomic E-state index is 0.705. The quantitative estimate of drug-likeness (QED) is 0.746. The minimum Gasteiger partial charge on any atom is -0.328 e. The van der Waals surface area contributed by atoms with Gasteiger partial charge in [0.25, 0.3) is 0 Å². The zero-order valence-electron chi connectivity index (χ0n) is 9.93. The fourth-order valence-electron chi connectivity index (χ4n) is 3.46. The van der Waals surface area contributed by atoms with E-state index in [0.717, 1.165) is 11.4 Å². The zero-order chi connectivity index (χ0) is 11.4. The monoisotopic (exact) mass is 225 g/mol. The first kappa shape index (κ1) is 9.40. The van der Waals surface area contributed by atoms with Crippen molar-refractivity contribution in [3.63, 3.8) is 0 Å². The molecule has 0 radical (unpaired) electrons. The van der Waals surface area contributed by atoms with Gasteiger partial charge in [0.1, 0.15) is 11.5 Å². The molecule has 2 bridgehead atoms. The van der Waals surface area contributed by atoms with Crippen LogP contribution in [0.2, 0.25) is 0 Å². The molecular formula is C14H15N3. The average Bonchev–Trinajstić information content (AvgIpc) is 3.03. The number of hydrogen-bond donors (Lipinski definition) is 0. The van der Waals surface area contributed by atoms with Crippen LogP contribution in [0.1, 0.15) is 42.7 Å². The summed E-state index contributed by atoms with van der Waals surface area (Å²) in [6, 6.07) is 6.74. The molecular weight excluding hydrogens is 210 g/mol. The van der Waals surface area contributed by atoms with Gasteiger partial charge < -0.3 is 4.57 Å². The number of aromatic nitrogens is 3. The third kappa shape index (κ3) is 1.17. The van der Waals surface area contributed by atoms with Crippen molar-refractivity contribution in [2.75, 3.05) is 0 Å². The van der Waals surface area contributed by atoms with Gasteiger partial charge >= 0.3 is 0 Å². The van der Waals surface area contributed by atoms with Gasteiger partial charge in [-0.3, -0.25) is 4.98 Å². The molecule has 1 aliphatic heterocycles. The van der Waals surface area contributed by atoms with Gasteiger partial charge in [-0.05, 0) is 38.3 Å². The summed E-state index contributed by atoms with van der Waals surface area (Å²) in [5.41, 5.74) is 3.38. The molecule has 17 heavy (non-hydrogen) atoms. The standard InChI is InChI=1S/C14H15N3/c1-9-13(12-4-2-3-7-15-12)16-14-10-5-6-11(8-10)17(9)14/h2-4,7,10-11H,5-6,8H2,1H3/t10-,11+/m0/s1. The summed E-state index contributed by atoms with van der Waals surface area (Å²) in [4.78, 5) is 9.26. The largest absolute Gasteiger partial charge is 0.328 e. The van der Waals surface area contributed by atoms with Crippen molar-refractivity contribution in [2.24, 2.45) is 0 Å². The van der Waals surface area contributed by atoms with Crippen molar-refractivity contribution in [3.05, 3.63) is 35.9 Å². The molecule has 2 aromatic heterocycles. The smallest absolute Gasteiger partial charge is 0.113 e. The zero-order valence-corrected chi connectivity index (χ0v) is 9.93. The normalized spacial score (nSPS) is 25.2. The van der Waals surface area contributed by atoms with Gasteiger partial charge in [0.05, 0.1) is 5.69 Å². The predicted molar refractivity (Wildman–Crippen MR) is 65.8 cm³/mol. The second kappa shape index (κ2) is 3.19. The predicted octanol–water partition coefficient (Wildman–Crippen LogP) is 3.08. The fraction of sp³-hybridized carbons (Fsp3) is 0.429. The Bertz CT molecular complexity index is 571. The number of fused-ring (bicyclic) bond motifs is 5. The molecule has 3 heterocycles. The summed E-state index contributed by atoms with van der Waals surface area (Å²) in [7, 11) is 0. The molecule has 0 N–H and O–H groups in total. The van der Waals surface area contributed by atoms with Crippen LogP contribution < -0.4 is 0 Å². The minimum absolute atomic E-state index is 0.705. The van der Waals surface area contributed by atoms with E-state index in [1.165, 1.54) is 30.8 Å². The second-order valence-electron chi connectivity index (χ2n) is 5.15. The number of hydrogen-bond acceptors (Lipinski definition) is 2. The Morgan fingerprint density at radius 2 is 2.24 bits per heavy atom. The van der Waals surface area contributed by atoms with Crippen molar-refractivity contribution in [2.45, 2.75) is 38.1 Å². The molecule has 4 rings (SSSR count). The van der Waals surface area contributed by atoms with Crippen LogP contribution >= 0.6 is 0 Å². The second-order valence-corrected chi connectivity index (χ2v) is 5.15. The average molecular weight is 225 g/mol. The van der Waals surface area contributed by atoms with E-state index in [2.05, 4.69) is 16.5 Å². The molecule has 86 valence electrons. The highest BCUT2D eigenvalue weighted by Gasteiger charge is 2.40. The summed E-state index contributed by atoms with van der Waals surface area (Å²) in [5, 5.41) is 0. The van der Waals surface area contributed by atoms with Gasteiger partial charge in [0.2, 0.25) is 0 Å². The van der Waals surface area contributed by atoms with Crippen LogP contribution in [0, 0.1) is 6.92 Å². The highest BCUT2D eigenvalue weighted by atomic mass is 15.2. The molecule has 1 saturated carbocycles. The summed E-state index contributed by atoms with van der Waals surface area (Å²) >= 11 is 0. The summed E-state index contributed by atoms with van der Waals surface area (Å²) in [6.07, 6.45) is 5.80. The van der Waals surface area contributed by atoms with Gasteiger partial charge in [0.15, 0.2) is 0 Å². The van der Waals surface area contributed by atoms with E-state index in [1.807, 2.05) is 24.4 Å². The Kier molecular flexibility index (Phi) is 1.76. The molecule has 0 aromatic carbocycles. The van der Waals surface area contributed by atoms with Gasteiger partial charge in [-0.15, -0.1) is 0 Å². The van der Waals surface area contributed by atoms with E-state index < -0.39 is 0 Å². The van der Waals surface area contributed by atoms with Crippen LogP contribution in [0.15, 0.2) is 24.4 Å². The first-order chi connectivity index (χ1) is 8.34. The van der Waals surface area contributed by atoms with Crippen molar-refractivity contribution in [3.8, 4) is 11.4 Å². The molecule has 1 aliphatic carbocycles. The number of imidazole rings is 1. The third-order valence-corrected chi connectivity index (χ3v) is 4.22. The Labute approximate surface area is 101 Å². The lowest BCUT2D eigenvalue weighted by Crippen LogP contribution is -2.07. The van der Waals surface area contributed by atoms with Gasteiger partial charge in [0, 0.05) is 23.9 Å². The van der Waals surface area contributed by atoms with E-state index in [-0.39, 0.29) is 0 Å². The summed E-state index contributed by atoms with van der Waals surface area (Å²) in [6.45, 7) is 2.18. The summed E-state index contributed by atoms with van der Waals surface area (Å²) < 4.78 is 2.46. The molecule has 2 aliphatic rings. The van der Waals surface area contributed by atoms with Crippen LogP contribution in [0.3, 0.4) is 0 Å². The van der Waals surface area contributed by atoms with Crippen LogP contribution in [-0.4, -0.2) is 14.5 Å². The van der Waals surface area contributed by atoms with Crippen molar-refractivity contribution >= 4 is 0 Å². The van der Waals surface area contributed by atoms with Gasteiger partial charge in [-0.25, -0.2) is 4.98 Å². The van der Waals surface area contributed by atoms with E-state index in [1.54, 1.807) is 0 Å². The highest BCUT2D eigenvalue weighted by Crippen LogP contribution is 2.50. The molecule has 2 atom stereocenters. The highest BCUT2D eigenvalue weighted by molar-refractivity contribution is 5.58. The molecule has 2 aromatic rings. The maximum Gasteiger partial charge on any atom is 0.113 e. The van der Waals surface area contributed by atoms with Crippen molar-refractivity contribution in [1.29, 1.82) is 0 Å². The van der Waals surface area contributed by atoms with Crippen LogP contribution in [-0.2, 0) is 0 Å². The Balaban J connectivity index is 1.90. The van der Waals surface area contributed by atoms with E-state index >= 15 is 0 Å². The maximum atomic E-state index is 4.84. The first-order valence-corrected chi connectivity index (χ1v) is 6.34. The van der Waals surface area contributed by atoms with Gasteiger partial charge in [-0.2, -0.15) is 0 Å². The van der Waals surface area contributed by atoms with Crippen LogP contribution in [0.5, 0.6) is 0 Å². The fourth-order valence-corrected chi connectivity index (χ4v) is 3.46.